The highest BCUT2D eigenvalue weighted by Crippen LogP contribution is 2.30. The van der Waals surface area contributed by atoms with E-state index in [0.717, 1.165) is 30.7 Å². The lowest BCUT2D eigenvalue weighted by atomic mass is 10.2. The number of carbonyl (C=O) groups excluding carboxylic acids is 1. The molecule has 0 unspecified atom stereocenters. The van der Waals surface area contributed by atoms with Gasteiger partial charge in [-0.2, -0.15) is 0 Å². The first-order valence-corrected chi connectivity index (χ1v) is 9.95. The highest BCUT2D eigenvalue weighted by atomic mass is 19.1. The number of amides is 1. The Hall–Kier alpha value is -3.19. The molecule has 1 aliphatic carbocycles. The number of hydrogen-bond donors (Lipinski definition) is 1. The number of rotatable bonds is 9. The van der Waals surface area contributed by atoms with E-state index in [0.29, 0.717) is 25.0 Å². The molecule has 1 aliphatic rings. The van der Waals surface area contributed by atoms with Crippen LogP contribution in [0.15, 0.2) is 59.2 Å². The highest BCUT2D eigenvalue weighted by Gasteiger charge is 2.30. The third-order valence-electron chi connectivity index (χ3n) is 5.10. The second-order valence-corrected chi connectivity index (χ2v) is 7.42. The van der Waals surface area contributed by atoms with Crippen molar-refractivity contribution in [3.05, 3.63) is 83.3 Å². The highest BCUT2D eigenvalue weighted by molar-refractivity contribution is 5.91. The third-order valence-corrected chi connectivity index (χ3v) is 5.10. The summed E-state index contributed by atoms with van der Waals surface area (Å²) in [5, 5.41) is 2.78. The molecule has 30 heavy (non-hydrogen) atoms. The average molecular weight is 409 g/mol. The Morgan fingerprint density at radius 3 is 2.50 bits per heavy atom. The van der Waals surface area contributed by atoms with Crippen molar-refractivity contribution < 1.29 is 18.3 Å². The predicted octanol–water partition coefficient (Wildman–Crippen LogP) is 3.92. The predicted molar refractivity (Wildman–Crippen MR) is 109 cm³/mol. The minimum absolute atomic E-state index is 0.243. The van der Waals surface area contributed by atoms with Crippen LogP contribution in [0.3, 0.4) is 0 Å². The van der Waals surface area contributed by atoms with Crippen LogP contribution in [0.2, 0.25) is 0 Å². The van der Waals surface area contributed by atoms with E-state index < -0.39 is 0 Å². The van der Waals surface area contributed by atoms with Crippen LogP contribution < -0.4 is 10.1 Å². The Labute approximate surface area is 174 Å². The normalized spacial score (nSPS) is 13.4. The summed E-state index contributed by atoms with van der Waals surface area (Å²) in [5.74, 6) is 0.728. The second-order valence-electron chi connectivity index (χ2n) is 7.42. The minimum atomic E-state index is -0.317. The van der Waals surface area contributed by atoms with Crippen LogP contribution in [0.5, 0.6) is 5.75 Å². The van der Waals surface area contributed by atoms with Gasteiger partial charge in [-0.05, 0) is 48.2 Å². The molecule has 6 nitrogen and oxygen atoms in total. The van der Waals surface area contributed by atoms with Gasteiger partial charge in [0.25, 0.3) is 5.91 Å². The van der Waals surface area contributed by atoms with E-state index in [-0.39, 0.29) is 17.4 Å². The van der Waals surface area contributed by atoms with Crippen molar-refractivity contribution in [3.8, 4) is 5.75 Å². The summed E-state index contributed by atoms with van der Waals surface area (Å²) in [7, 11) is 1.65. The van der Waals surface area contributed by atoms with E-state index >= 15 is 0 Å². The van der Waals surface area contributed by atoms with Gasteiger partial charge in [0, 0.05) is 19.1 Å². The summed E-state index contributed by atoms with van der Waals surface area (Å²) in [4.78, 5) is 19.0. The van der Waals surface area contributed by atoms with Crippen LogP contribution in [0.4, 0.5) is 4.39 Å². The van der Waals surface area contributed by atoms with Crippen LogP contribution in [-0.4, -0.2) is 28.9 Å². The monoisotopic (exact) mass is 409 g/mol. The number of hydrogen-bond acceptors (Lipinski definition) is 5. The molecule has 1 aromatic heterocycles. The molecule has 1 heterocycles. The lowest BCUT2D eigenvalue weighted by Crippen LogP contribution is -2.26. The molecule has 3 aromatic rings. The van der Waals surface area contributed by atoms with Gasteiger partial charge in [0.05, 0.1) is 13.7 Å². The Kier molecular flexibility index (Phi) is 6.09. The first kappa shape index (κ1) is 20.1. The van der Waals surface area contributed by atoms with E-state index in [1.54, 1.807) is 19.2 Å². The van der Waals surface area contributed by atoms with Crippen molar-refractivity contribution in [2.45, 2.75) is 38.5 Å². The number of ether oxygens (including phenoxy) is 1. The zero-order valence-electron chi connectivity index (χ0n) is 16.8. The smallest absolute Gasteiger partial charge is 0.273 e. The molecular formula is C23H24FN3O3. The van der Waals surface area contributed by atoms with Gasteiger partial charge >= 0.3 is 0 Å². The molecule has 7 heteroatoms. The molecule has 4 rings (SSSR count). The summed E-state index contributed by atoms with van der Waals surface area (Å²) in [5.41, 5.74) is 2.24. The molecular weight excluding hydrogens is 385 g/mol. The zero-order valence-corrected chi connectivity index (χ0v) is 16.8. The third kappa shape index (κ3) is 5.24. The molecule has 0 aliphatic heterocycles. The number of aromatic nitrogens is 1. The molecule has 1 saturated carbocycles. The van der Waals surface area contributed by atoms with Gasteiger partial charge in [0.2, 0.25) is 5.89 Å². The standard InChI is InChI=1S/C23H24FN3O3/c1-29-20-10-4-17(5-11-20)13-27(19-8-9-19)14-22-26-21(15-30-22)23(28)25-12-16-2-6-18(24)7-3-16/h2-7,10-11,15,19H,8-9,12-14H2,1H3,(H,25,28). The number of oxazole rings is 1. The van der Waals surface area contributed by atoms with Crippen molar-refractivity contribution >= 4 is 5.91 Å². The number of halogens is 1. The summed E-state index contributed by atoms with van der Waals surface area (Å²) >= 11 is 0. The molecule has 2 aromatic carbocycles. The van der Waals surface area contributed by atoms with Gasteiger partial charge in [0.15, 0.2) is 5.69 Å². The van der Waals surface area contributed by atoms with E-state index in [1.165, 1.54) is 24.0 Å². The summed E-state index contributed by atoms with van der Waals surface area (Å²) < 4.78 is 23.7. The minimum Gasteiger partial charge on any atom is -0.497 e. The largest absolute Gasteiger partial charge is 0.497 e. The van der Waals surface area contributed by atoms with Gasteiger partial charge in [-0.25, -0.2) is 9.37 Å². The molecule has 156 valence electrons. The van der Waals surface area contributed by atoms with E-state index in [2.05, 4.69) is 27.3 Å². The van der Waals surface area contributed by atoms with Crippen LogP contribution in [0, 0.1) is 5.82 Å². The number of benzene rings is 2. The fraction of sp³-hybridized carbons (Fsp3) is 0.304. The quantitative estimate of drug-likeness (QED) is 0.580. The average Bonchev–Trinajstić information content (AvgIpc) is 3.51. The van der Waals surface area contributed by atoms with Crippen LogP contribution in [0.25, 0.3) is 0 Å². The maximum atomic E-state index is 13.0. The van der Waals surface area contributed by atoms with Crippen molar-refractivity contribution in [1.82, 2.24) is 15.2 Å². The first-order valence-electron chi connectivity index (χ1n) is 9.95. The topological polar surface area (TPSA) is 67.6 Å². The number of carbonyl (C=O) groups is 1. The molecule has 0 radical (unpaired) electrons. The Morgan fingerprint density at radius 2 is 1.83 bits per heavy atom. The second kappa shape index (κ2) is 9.09. The molecule has 0 saturated heterocycles. The van der Waals surface area contributed by atoms with E-state index in [9.17, 15) is 9.18 Å². The molecule has 0 spiro atoms. The number of nitrogens with one attached hydrogen (secondary N) is 1. The maximum absolute atomic E-state index is 13.0. The molecule has 1 fully saturated rings. The molecule has 1 amide bonds. The van der Waals surface area contributed by atoms with Gasteiger partial charge in [-0.3, -0.25) is 9.69 Å². The Bertz CT molecular complexity index is 982. The van der Waals surface area contributed by atoms with Crippen LogP contribution >= 0.6 is 0 Å². The van der Waals surface area contributed by atoms with Crippen LogP contribution in [0.1, 0.15) is 40.3 Å². The lowest BCUT2D eigenvalue weighted by molar-refractivity contribution is 0.0945. The van der Waals surface area contributed by atoms with Gasteiger partial charge < -0.3 is 14.5 Å². The van der Waals surface area contributed by atoms with Gasteiger partial charge in [-0.1, -0.05) is 24.3 Å². The molecule has 1 N–H and O–H groups in total. The van der Waals surface area contributed by atoms with E-state index in [1.807, 2.05) is 12.1 Å². The lowest BCUT2D eigenvalue weighted by Gasteiger charge is -2.20. The maximum Gasteiger partial charge on any atom is 0.273 e. The van der Waals surface area contributed by atoms with Crippen LogP contribution in [-0.2, 0) is 19.6 Å². The van der Waals surface area contributed by atoms with E-state index in [4.69, 9.17) is 9.15 Å². The summed E-state index contributed by atoms with van der Waals surface area (Å²) in [6.07, 6.45) is 3.69. The number of nitrogens with zero attached hydrogens (tertiary/aromatic N) is 2. The van der Waals surface area contributed by atoms with Crippen molar-refractivity contribution in [3.63, 3.8) is 0 Å². The van der Waals surface area contributed by atoms with Gasteiger partial charge in [-0.15, -0.1) is 0 Å². The number of methoxy groups -OCH3 is 1. The fourth-order valence-corrected chi connectivity index (χ4v) is 3.26. The Morgan fingerprint density at radius 1 is 1.13 bits per heavy atom. The first-order chi connectivity index (χ1) is 14.6. The van der Waals surface area contributed by atoms with Gasteiger partial charge in [0.1, 0.15) is 17.8 Å². The molecule has 0 bridgehead atoms. The SMILES string of the molecule is COc1ccc(CN(Cc2nc(C(=O)NCc3ccc(F)cc3)co2)C2CC2)cc1. The molecule has 0 atom stereocenters. The van der Waals surface area contributed by atoms with Crippen molar-refractivity contribution in [2.75, 3.05) is 7.11 Å². The zero-order chi connectivity index (χ0) is 20.9. The summed E-state index contributed by atoms with van der Waals surface area (Å²) in [6, 6.07) is 14.5. The Balaban J connectivity index is 1.34. The fourth-order valence-electron chi connectivity index (χ4n) is 3.26. The van der Waals surface area contributed by atoms with Crippen molar-refractivity contribution in [2.24, 2.45) is 0 Å². The summed E-state index contributed by atoms with van der Waals surface area (Å²) in [6.45, 7) is 1.62. The van der Waals surface area contributed by atoms with Crippen molar-refractivity contribution in [1.29, 1.82) is 0 Å².